The van der Waals surface area contributed by atoms with Gasteiger partial charge in [-0.3, -0.25) is 14.8 Å². The second-order valence-electron chi connectivity index (χ2n) is 6.99. The van der Waals surface area contributed by atoms with E-state index < -0.39 is 0 Å². The highest BCUT2D eigenvalue weighted by Crippen LogP contribution is 2.29. The maximum absolute atomic E-state index is 12.7. The number of hydrogen-bond donors (Lipinski definition) is 1. The number of hydrogen-bond acceptors (Lipinski definition) is 6. The van der Waals surface area contributed by atoms with E-state index in [0.717, 1.165) is 34.6 Å². The maximum atomic E-state index is 12.7. The van der Waals surface area contributed by atoms with E-state index in [1.165, 1.54) is 22.7 Å². The number of rotatable bonds is 7. The van der Waals surface area contributed by atoms with Crippen LogP contribution in [-0.4, -0.2) is 20.7 Å². The molecule has 1 aromatic carbocycles. The Morgan fingerprint density at radius 3 is 2.84 bits per heavy atom. The van der Waals surface area contributed by atoms with Gasteiger partial charge in [-0.25, -0.2) is 4.98 Å². The fourth-order valence-corrected chi connectivity index (χ4v) is 4.75. The van der Waals surface area contributed by atoms with E-state index in [2.05, 4.69) is 15.4 Å². The zero-order valence-electron chi connectivity index (χ0n) is 17.3. The van der Waals surface area contributed by atoms with E-state index in [1.54, 1.807) is 0 Å². The predicted molar refractivity (Wildman–Crippen MR) is 127 cm³/mol. The molecule has 1 amide bonds. The Morgan fingerprint density at radius 1 is 1.23 bits per heavy atom. The SMILES string of the molecule is CCn1ncc(-c2csc(NC(=O)c3cc(COc4cc(C)ccc4Cl)cs3)n2)c1C. The summed E-state index contributed by atoms with van der Waals surface area (Å²) in [5.41, 5.74) is 4.83. The molecule has 4 aromatic rings. The third-order valence-electron chi connectivity index (χ3n) is 4.76. The van der Waals surface area contributed by atoms with Gasteiger partial charge in [0.1, 0.15) is 12.4 Å². The molecule has 3 heterocycles. The molecule has 1 N–H and O–H groups in total. The van der Waals surface area contributed by atoms with Crippen LogP contribution in [0.25, 0.3) is 11.3 Å². The monoisotopic (exact) mass is 472 g/mol. The van der Waals surface area contributed by atoms with E-state index in [0.29, 0.717) is 27.4 Å². The van der Waals surface area contributed by atoms with E-state index in [-0.39, 0.29) is 5.91 Å². The third kappa shape index (κ3) is 4.81. The highest BCUT2D eigenvalue weighted by Gasteiger charge is 2.15. The minimum atomic E-state index is -0.188. The van der Waals surface area contributed by atoms with Crippen LogP contribution in [0.15, 0.2) is 41.2 Å². The van der Waals surface area contributed by atoms with Gasteiger partial charge < -0.3 is 4.74 Å². The van der Waals surface area contributed by atoms with Gasteiger partial charge in [-0.15, -0.1) is 22.7 Å². The van der Waals surface area contributed by atoms with Gasteiger partial charge in [-0.2, -0.15) is 5.10 Å². The van der Waals surface area contributed by atoms with Crippen LogP contribution in [0.4, 0.5) is 5.13 Å². The smallest absolute Gasteiger partial charge is 0.267 e. The van der Waals surface area contributed by atoms with Crippen LogP contribution in [0.5, 0.6) is 5.75 Å². The normalized spacial score (nSPS) is 11.0. The lowest BCUT2D eigenvalue weighted by Crippen LogP contribution is -2.10. The number of nitrogens with zero attached hydrogens (tertiary/aromatic N) is 3. The molecule has 4 rings (SSSR count). The van der Waals surface area contributed by atoms with E-state index >= 15 is 0 Å². The largest absolute Gasteiger partial charge is 0.487 e. The van der Waals surface area contributed by atoms with Crippen LogP contribution in [0, 0.1) is 13.8 Å². The minimum Gasteiger partial charge on any atom is -0.487 e. The molecular formula is C22H21ClN4O2S2. The van der Waals surface area contributed by atoms with Crippen molar-refractivity contribution in [3.63, 3.8) is 0 Å². The number of amides is 1. The molecule has 0 saturated carbocycles. The van der Waals surface area contributed by atoms with Gasteiger partial charge in [-0.05, 0) is 49.9 Å². The number of anilines is 1. The van der Waals surface area contributed by atoms with Crippen molar-refractivity contribution in [2.75, 3.05) is 5.32 Å². The van der Waals surface area contributed by atoms with E-state index in [4.69, 9.17) is 16.3 Å². The summed E-state index contributed by atoms with van der Waals surface area (Å²) in [6, 6.07) is 7.47. The maximum Gasteiger partial charge on any atom is 0.267 e. The highest BCUT2D eigenvalue weighted by molar-refractivity contribution is 7.14. The van der Waals surface area contributed by atoms with E-state index in [9.17, 15) is 4.79 Å². The molecule has 0 fully saturated rings. The molecular weight excluding hydrogens is 452 g/mol. The molecule has 0 atom stereocenters. The minimum absolute atomic E-state index is 0.188. The Kier molecular flexibility index (Phi) is 6.41. The van der Waals surface area contributed by atoms with Gasteiger partial charge in [0.2, 0.25) is 0 Å². The molecule has 31 heavy (non-hydrogen) atoms. The zero-order chi connectivity index (χ0) is 22.0. The fraction of sp³-hybridized carbons (Fsp3) is 0.227. The molecule has 6 nitrogen and oxygen atoms in total. The van der Waals surface area contributed by atoms with Gasteiger partial charge >= 0.3 is 0 Å². The molecule has 0 spiro atoms. The number of carbonyl (C=O) groups excluding carboxylic acids is 1. The molecule has 9 heteroatoms. The van der Waals surface area contributed by atoms with Crippen LogP contribution in [0.3, 0.4) is 0 Å². The number of benzene rings is 1. The Labute approximate surface area is 193 Å². The first-order valence-electron chi connectivity index (χ1n) is 9.70. The second kappa shape index (κ2) is 9.21. The number of halogens is 1. The summed E-state index contributed by atoms with van der Waals surface area (Å²) in [4.78, 5) is 17.8. The predicted octanol–water partition coefficient (Wildman–Crippen LogP) is 6.19. The van der Waals surface area contributed by atoms with E-state index in [1.807, 2.05) is 66.7 Å². The summed E-state index contributed by atoms with van der Waals surface area (Å²) in [5.74, 6) is 0.447. The molecule has 0 radical (unpaired) electrons. The van der Waals surface area contributed by atoms with Crippen LogP contribution in [-0.2, 0) is 13.2 Å². The van der Waals surface area contributed by atoms with Crippen molar-refractivity contribution in [2.45, 2.75) is 33.9 Å². The first kappa shape index (κ1) is 21.5. The summed E-state index contributed by atoms with van der Waals surface area (Å²) >= 11 is 8.94. The third-order valence-corrected chi connectivity index (χ3v) is 6.81. The van der Waals surface area contributed by atoms with Crippen LogP contribution in [0.2, 0.25) is 5.02 Å². The topological polar surface area (TPSA) is 69.0 Å². The van der Waals surface area contributed by atoms with Gasteiger partial charge in [0.25, 0.3) is 5.91 Å². The van der Waals surface area contributed by atoms with Crippen LogP contribution >= 0.6 is 34.3 Å². The average Bonchev–Trinajstić information content (AvgIpc) is 3.48. The van der Waals surface area contributed by atoms with Gasteiger partial charge in [0.15, 0.2) is 5.13 Å². The summed E-state index contributed by atoms with van der Waals surface area (Å²) in [6.45, 7) is 7.20. The first-order chi connectivity index (χ1) is 14.9. The van der Waals surface area contributed by atoms with Gasteiger partial charge in [-0.1, -0.05) is 17.7 Å². The Bertz CT molecular complexity index is 1230. The van der Waals surface area contributed by atoms with Gasteiger partial charge in [0.05, 0.1) is 21.8 Å². The zero-order valence-corrected chi connectivity index (χ0v) is 19.7. The number of aryl methyl sites for hydroxylation is 2. The van der Waals surface area contributed by atoms with Crippen molar-refractivity contribution in [1.82, 2.24) is 14.8 Å². The Hall–Kier alpha value is -2.68. The quantitative estimate of drug-likeness (QED) is 0.348. The number of carbonyl (C=O) groups is 1. The van der Waals surface area contributed by atoms with Crippen molar-refractivity contribution < 1.29 is 9.53 Å². The number of ether oxygens (including phenoxy) is 1. The molecule has 0 aliphatic heterocycles. The molecule has 0 aliphatic rings. The number of thiazole rings is 1. The van der Waals surface area contributed by atoms with Crippen molar-refractivity contribution in [3.8, 4) is 17.0 Å². The van der Waals surface area contributed by atoms with Crippen molar-refractivity contribution in [3.05, 3.63) is 67.9 Å². The lowest BCUT2D eigenvalue weighted by molar-refractivity contribution is 0.103. The lowest BCUT2D eigenvalue weighted by atomic mass is 10.2. The van der Waals surface area contributed by atoms with Crippen LogP contribution in [0.1, 0.15) is 33.4 Å². The molecule has 0 aliphatic carbocycles. The summed E-state index contributed by atoms with van der Waals surface area (Å²) in [7, 11) is 0. The molecule has 3 aromatic heterocycles. The van der Waals surface area contributed by atoms with Crippen molar-refractivity contribution >= 4 is 45.3 Å². The summed E-state index contributed by atoms with van der Waals surface area (Å²) < 4.78 is 7.74. The fourth-order valence-electron chi connectivity index (χ4n) is 3.08. The lowest BCUT2D eigenvalue weighted by Gasteiger charge is -2.07. The Morgan fingerprint density at radius 2 is 2.06 bits per heavy atom. The summed E-state index contributed by atoms with van der Waals surface area (Å²) in [5, 5.41) is 12.2. The standard InChI is InChI=1S/C22H21ClN4O2S2/c1-4-27-14(3)16(9-24-27)18-12-31-22(25-18)26-21(28)20-8-15(11-30-20)10-29-19-7-13(2)5-6-17(19)23/h5-9,11-12H,4,10H2,1-3H3,(H,25,26,28). The molecule has 0 unspecified atom stereocenters. The highest BCUT2D eigenvalue weighted by atomic mass is 35.5. The molecule has 160 valence electrons. The first-order valence-corrected chi connectivity index (χ1v) is 11.8. The molecule has 0 saturated heterocycles. The van der Waals surface area contributed by atoms with Crippen LogP contribution < -0.4 is 10.1 Å². The number of thiophene rings is 1. The van der Waals surface area contributed by atoms with Crippen molar-refractivity contribution in [1.29, 1.82) is 0 Å². The second-order valence-corrected chi connectivity index (χ2v) is 9.17. The van der Waals surface area contributed by atoms with Crippen molar-refractivity contribution in [2.24, 2.45) is 0 Å². The van der Waals surface area contributed by atoms with Gasteiger partial charge in [0, 0.05) is 28.7 Å². The average molecular weight is 473 g/mol. The summed E-state index contributed by atoms with van der Waals surface area (Å²) in [6.07, 6.45) is 1.81. The number of aromatic nitrogens is 3. The molecule has 0 bridgehead atoms. The number of nitrogens with one attached hydrogen (secondary N) is 1. The Balaban J connectivity index is 1.39.